The Hall–Kier alpha value is -0.380. The molecule has 64 valence electrons. The van der Waals surface area contributed by atoms with Gasteiger partial charge in [-0.2, -0.15) is 11.8 Å². The summed E-state index contributed by atoms with van der Waals surface area (Å²) in [6.45, 7) is 3.78. The molecule has 2 N–H and O–H groups in total. The number of nitrogens with two attached hydrogens (primary N) is 1. The molecule has 2 amide bonds. The Balaban J connectivity index is 2.45. The van der Waals surface area contributed by atoms with Crippen molar-refractivity contribution < 1.29 is 4.79 Å². The van der Waals surface area contributed by atoms with Crippen molar-refractivity contribution in [3.05, 3.63) is 0 Å². The molecule has 1 unspecified atom stereocenters. The number of hydrogen-bond donors (Lipinski definition) is 1. The van der Waals surface area contributed by atoms with Crippen molar-refractivity contribution in [2.75, 3.05) is 24.6 Å². The van der Waals surface area contributed by atoms with Gasteiger partial charge in [-0.3, -0.25) is 0 Å². The highest BCUT2D eigenvalue weighted by Crippen LogP contribution is 2.14. The van der Waals surface area contributed by atoms with E-state index in [0.717, 1.165) is 24.6 Å². The van der Waals surface area contributed by atoms with Crippen molar-refractivity contribution in [3.8, 4) is 0 Å². The van der Waals surface area contributed by atoms with Gasteiger partial charge in [-0.1, -0.05) is 6.92 Å². The van der Waals surface area contributed by atoms with E-state index < -0.39 is 0 Å². The Kier molecular flexibility index (Phi) is 3.05. The van der Waals surface area contributed by atoms with Crippen molar-refractivity contribution in [1.82, 2.24) is 4.90 Å². The third kappa shape index (κ3) is 2.61. The fourth-order valence-electron chi connectivity index (χ4n) is 1.18. The molecule has 3 nitrogen and oxygen atoms in total. The first-order valence-electron chi connectivity index (χ1n) is 3.82. The van der Waals surface area contributed by atoms with Crippen LogP contribution in [0.3, 0.4) is 0 Å². The summed E-state index contributed by atoms with van der Waals surface area (Å²) in [5, 5.41) is 0. The standard InChI is InChI=1S/C7H14N2OS/c1-6-4-9(7(8)10)2-3-11-5-6/h6H,2-5H2,1H3,(H2,8,10). The number of urea groups is 1. The molecule has 0 radical (unpaired) electrons. The summed E-state index contributed by atoms with van der Waals surface area (Å²) in [5.41, 5.74) is 5.18. The first kappa shape index (κ1) is 8.71. The van der Waals surface area contributed by atoms with Gasteiger partial charge in [-0.25, -0.2) is 4.79 Å². The van der Waals surface area contributed by atoms with Gasteiger partial charge in [0.05, 0.1) is 0 Å². The summed E-state index contributed by atoms with van der Waals surface area (Å²) in [4.78, 5) is 12.5. The number of primary amides is 1. The number of hydrogen-bond acceptors (Lipinski definition) is 2. The van der Waals surface area contributed by atoms with Gasteiger partial charge < -0.3 is 10.6 Å². The average molecular weight is 174 g/mol. The maximum atomic E-state index is 10.8. The molecule has 11 heavy (non-hydrogen) atoms. The van der Waals surface area contributed by atoms with Crippen LogP contribution in [0.5, 0.6) is 0 Å². The van der Waals surface area contributed by atoms with Crippen LogP contribution in [0, 0.1) is 5.92 Å². The maximum Gasteiger partial charge on any atom is 0.314 e. The lowest BCUT2D eigenvalue weighted by atomic mass is 10.2. The molecular formula is C7H14N2OS. The molecule has 0 aromatic rings. The molecule has 1 heterocycles. The van der Waals surface area contributed by atoms with Crippen molar-refractivity contribution in [3.63, 3.8) is 0 Å². The van der Waals surface area contributed by atoms with Gasteiger partial charge in [-0.05, 0) is 11.7 Å². The van der Waals surface area contributed by atoms with Crippen LogP contribution in [0.15, 0.2) is 0 Å². The van der Waals surface area contributed by atoms with Crippen molar-refractivity contribution in [2.45, 2.75) is 6.92 Å². The number of nitrogens with zero attached hydrogens (tertiary/aromatic N) is 1. The normalized spacial score (nSPS) is 26.3. The van der Waals surface area contributed by atoms with Gasteiger partial charge in [0.15, 0.2) is 0 Å². The van der Waals surface area contributed by atoms with Crippen LogP contribution in [-0.2, 0) is 0 Å². The number of carbonyl (C=O) groups excluding carboxylic acids is 1. The van der Waals surface area contributed by atoms with Crippen LogP contribution in [-0.4, -0.2) is 35.5 Å². The molecule has 1 atom stereocenters. The lowest BCUT2D eigenvalue weighted by Crippen LogP contribution is -2.39. The Labute approximate surface area is 71.3 Å². The zero-order valence-electron chi connectivity index (χ0n) is 6.75. The molecule has 0 spiro atoms. The van der Waals surface area contributed by atoms with E-state index in [2.05, 4.69) is 6.92 Å². The van der Waals surface area contributed by atoms with Gasteiger partial charge in [0.1, 0.15) is 0 Å². The van der Waals surface area contributed by atoms with Crippen LogP contribution < -0.4 is 5.73 Å². The van der Waals surface area contributed by atoms with Gasteiger partial charge >= 0.3 is 6.03 Å². The van der Waals surface area contributed by atoms with E-state index in [9.17, 15) is 4.79 Å². The summed E-state index contributed by atoms with van der Waals surface area (Å²) in [5.74, 6) is 2.74. The molecule has 1 fully saturated rings. The summed E-state index contributed by atoms with van der Waals surface area (Å²) in [7, 11) is 0. The lowest BCUT2D eigenvalue weighted by Gasteiger charge is -2.19. The highest BCUT2D eigenvalue weighted by Gasteiger charge is 2.16. The van der Waals surface area contributed by atoms with Crippen molar-refractivity contribution in [1.29, 1.82) is 0 Å². The lowest BCUT2D eigenvalue weighted by molar-refractivity contribution is 0.205. The summed E-state index contributed by atoms with van der Waals surface area (Å²) in [6.07, 6.45) is 0. The second-order valence-electron chi connectivity index (χ2n) is 2.96. The minimum Gasteiger partial charge on any atom is -0.351 e. The Bertz CT molecular complexity index is 151. The van der Waals surface area contributed by atoms with Crippen LogP contribution in [0.25, 0.3) is 0 Å². The van der Waals surface area contributed by atoms with Crippen molar-refractivity contribution in [2.24, 2.45) is 11.7 Å². The monoisotopic (exact) mass is 174 g/mol. The summed E-state index contributed by atoms with van der Waals surface area (Å²) < 4.78 is 0. The summed E-state index contributed by atoms with van der Waals surface area (Å²) >= 11 is 1.90. The van der Waals surface area contributed by atoms with Gasteiger partial charge in [0.2, 0.25) is 0 Å². The average Bonchev–Trinajstić information content (AvgIpc) is 2.13. The quantitative estimate of drug-likeness (QED) is 0.589. The fourth-order valence-corrected chi connectivity index (χ4v) is 2.20. The summed E-state index contributed by atoms with van der Waals surface area (Å²) in [6, 6.07) is -0.278. The topological polar surface area (TPSA) is 46.3 Å². The largest absolute Gasteiger partial charge is 0.351 e. The molecule has 0 aromatic carbocycles. The Morgan fingerprint density at radius 1 is 1.73 bits per heavy atom. The van der Waals surface area contributed by atoms with E-state index >= 15 is 0 Å². The Morgan fingerprint density at radius 3 is 3.09 bits per heavy atom. The maximum absolute atomic E-state index is 10.8. The van der Waals surface area contributed by atoms with Gasteiger partial charge in [0.25, 0.3) is 0 Å². The zero-order chi connectivity index (χ0) is 8.27. The molecule has 1 saturated heterocycles. The number of rotatable bonds is 0. The predicted octanol–water partition coefficient (Wildman–Crippen LogP) is 0.750. The van der Waals surface area contributed by atoms with Gasteiger partial charge in [0, 0.05) is 18.8 Å². The molecule has 1 aliphatic heterocycles. The Morgan fingerprint density at radius 2 is 2.45 bits per heavy atom. The second-order valence-corrected chi connectivity index (χ2v) is 4.11. The molecule has 0 bridgehead atoms. The highest BCUT2D eigenvalue weighted by atomic mass is 32.2. The molecular weight excluding hydrogens is 160 g/mol. The van der Waals surface area contributed by atoms with E-state index in [1.54, 1.807) is 4.90 Å². The van der Waals surface area contributed by atoms with E-state index in [4.69, 9.17) is 5.73 Å². The third-order valence-corrected chi connectivity index (χ3v) is 3.03. The fraction of sp³-hybridized carbons (Fsp3) is 0.857. The minimum absolute atomic E-state index is 0.278. The van der Waals surface area contributed by atoms with E-state index in [1.807, 2.05) is 11.8 Å². The highest BCUT2D eigenvalue weighted by molar-refractivity contribution is 7.99. The molecule has 0 aliphatic carbocycles. The SMILES string of the molecule is CC1CSCCN(C(N)=O)C1. The minimum atomic E-state index is -0.278. The predicted molar refractivity (Wildman–Crippen MR) is 47.6 cm³/mol. The number of carbonyl (C=O) groups is 1. The number of amides is 2. The first-order valence-corrected chi connectivity index (χ1v) is 4.97. The first-order chi connectivity index (χ1) is 5.20. The zero-order valence-corrected chi connectivity index (χ0v) is 7.56. The van der Waals surface area contributed by atoms with E-state index in [1.165, 1.54) is 0 Å². The smallest absolute Gasteiger partial charge is 0.314 e. The molecule has 1 rings (SSSR count). The van der Waals surface area contributed by atoms with Crippen LogP contribution in [0.1, 0.15) is 6.92 Å². The molecule has 1 aliphatic rings. The second kappa shape index (κ2) is 3.85. The van der Waals surface area contributed by atoms with Crippen LogP contribution in [0.2, 0.25) is 0 Å². The van der Waals surface area contributed by atoms with Crippen LogP contribution >= 0.6 is 11.8 Å². The third-order valence-electron chi connectivity index (χ3n) is 1.75. The number of thioether (sulfide) groups is 1. The molecule has 0 aromatic heterocycles. The van der Waals surface area contributed by atoms with E-state index in [0.29, 0.717) is 5.92 Å². The van der Waals surface area contributed by atoms with E-state index in [-0.39, 0.29) is 6.03 Å². The van der Waals surface area contributed by atoms with Crippen LogP contribution in [0.4, 0.5) is 4.79 Å². The van der Waals surface area contributed by atoms with Crippen molar-refractivity contribution >= 4 is 17.8 Å². The molecule has 0 saturated carbocycles. The van der Waals surface area contributed by atoms with Gasteiger partial charge in [-0.15, -0.1) is 0 Å². The molecule has 4 heteroatoms.